The molecule has 0 bridgehead atoms. The van der Waals surface area contributed by atoms with Crippen LogP contribution >= 0.6 is 0 Å². The van der Waals surface area contributed by atoms with Gasteiger partial charge in [0.15, 0.2) is 0 Å². The molecule has 1 fully saturated rings. The van der Waals surface area contributed by atoms with E-state index in [2.05, 4.69) is 88.6 Å². The van der Waals surface area contributed by atoms with Gasteiger partial charge in [0.1, 0.15) is 0 Å². The lowest BCUT2D eigenvalue weighted by Gasteiger charge is -2.31. The minimum absolute atomic E-state index is 0.289. The molecule has 0 radical (unpaired) electrons. The zero-order chi connectivity index (χ0) is 22.3. The van der Waals surface area contributed by atoms with E-state index in [-0.39, 0.29) is 6.04 Å². The molecule has 1 aliphatic heterocycles. The number of allylic oxidation sites excluding steroid dienone is 1. The zero-order valence-electron chi connectivity index (χ0n) is 20.7. The summed E-state index contributed by atoms with van der Waals surface area (Å²) < 4.78 is 0. The highest BCUT2D eigenvalue weighted by molar-refractivity contribution is 5.50. The molecule has 2 N–H and O–H groups in total. The number of likely N-dealkylation sites (tertiary alicyclic amines) is 1. The number of aryl methyl sites for hydroxylation is 1. The molecular formula is C27H47N3. The lowest BCUT2D eigenvalue weighted by molar-refractivity contribution is 0.292. The molecular weight excluding hydrogens is 366 g/mol. The van der Waals surface area contributed by atoms with Gasteiger partial charge in [0.25, 0.3) is 0 Å². The van der Waals surface area contributed by atoms with Gasteiger partial charge in [-0.25, -0.2) is 0 Å². The summed E-state index contributed by atoms with van der Waals surface area (Å²) in [5.41, 5.74) is 11.0. The van der Waals surface area contributed by atoms with Crippen LogP contribution in [0, 0.1) is 11.3 Å². The van der Waals surface area contributed by atoms with Crippen molar-refractivity contribution in [3.8, 4) is 0 Å². The smallest absolute Gasteiger partial charge is 0.0432 e. The Morgan fingerprint density at radius 2 is 1.87 bits per heavy atom. The van der Waals surface area contributed by atoms with Crippen molar-refractivity contribution in [3.05, 3.63) is 41.5 Å². The van der Waals surface area contributed by atoms with Gasteiger partial charge in [-0.2, -0.15) is 0 Å². The van der Waals surface area contributed by atoms with Crippen LogP contribution in [0.2, 0.25) is 0 Å². The number of anilines is 1. The lowest BCUT2D eigenvalue weighted by Crippen LogP contribution is -2.41. The largest absolute Gasteiger partial charge is 0.363 e. The molecule has 2 rings (SSSR count). The quantitative estimate of drug-likeness (QED) is 0.486. The highest BCUT2D eigenvalue weighted by atomic mass is 15.3. The Labute approximate surface area is 186 Å². The first-order valence-electron chi connectivity index (χ1n) is 12.0. The van der Waals surface area contributed by atoms with E-state index in [9.17, 15) is 0 Å². The number of nitrogens with zero attached hydrogens (tertiary/aromatic N) is 2. The molecule has 0 amide bonds. The van der Waals surface area contributed by atoms with E-state index < -0.39 is 0 Å². The normalized spacial score (nSPS) is 18.6. The van der Waals surface area contributed by atoms with Crippen LogP contribution in [0.4, 0.5) is 5.69 Å². The van der Waals surface area contributed by atoms with Crippen LogP contribution in [-0.2, 0) is 6.42 Å². The van der Waals surface area contributed by atoms with E-state index in [0.29, 0.717) is 17.4 Å². The summed E-state index contributed by atoms with van der Waals surface area (Å²) >= 11 is 0. The Morgan fingerprint density at radius 3 is 2.43 bits per heavy atom. The predicted octanol–water partition coefficient (Wildman–Crippen LogP) is 5.89. The summed E-state index contributed by atoms with van der Waals surface area (Å²) in [5.74, 6) is 0.671. The predicted molar refractivity (Wildman–Crippen MR) is 133 cm³/mol. The summed E-state index contributed by atoms with van der Waals surface area (Å²) in [6, 6.07) is 10.2. The molecule has 170 valence electrons. The maximum Gasteiger partial charge on any atom is 0.0432 e. The van der Waals surface area contributed by atoms with Crippen LogP contribution in [0.3, 0.4) is 0 Å². The van der Waals surface area contributed by atoms with Gasteiger partial charge in [0, 0.05) is 44.0 Å². The standard InChI is InChI=1S/C27H47N3/c1-21(2)13-17-30(25-10-8-23(9-11-25)12-15-27(5,6)7)26-14-16-29(20-26)19-24(28)18-22(3)4/h8-11,13,22,24,26H,12,14-20,28H2,1-7H3/t24?,26-/m0/s1. The van der Waals surface area contributed by atoms with Gasteiger partial charge in [0.2, 0.25) is 0 Å². The van der Waals surface area contributed by atoms with Crippen molar-refractivity contribution in [2.45, 2.75) is 86.2 Å². The van der Waals surface area contributed by atoms with Crippen LogP contribution < -0.4 is 10.6 Å². The Bertz CT molecular complexity index is 650. The molecule has 1 aromatic carbocycles. The minimum Gasteiger partial charge on any atom is -0.363 e. The van der Waals surface area contributed by atoms with E-state index in [4.69, 9.17) is 5.73 Å². The van der Waals surface area contributed by atoms with Crippen molar-refractivity contribution in [2.24, 2.45) is 17.1 Å². The first kappa shape index (κ1) is 24.9. The molecule has 0 aromatic heterocycles. The minimum atomic E-state index is 0.289. The van der Waals surface area contributed by atoms with Gasteiger partial charge in [-0.3, -0.25) is 4.90 Å². The topological polar surface area (TPSA) is 32.5 Å². The second kappa shape index (κ2) is 11.3. The molecule has 1 aliphatic rings. The number of nitrogens with two attached hydrogens (primary N) is 1. The van der Waals surface area contributed by atoms with E-state index in [0.717, 1.165) is 39.0 Å². The number of hydrogen-bond acceptors (Lipinski definition) is 3. The van der Waals surface area contributed by atoms with Gasteiger partial charge in [-0.15, -0.1) is 0 Å². The third-order valence-electron chi connectivity index (χ3n) is 6.08. The number of rotatable bonds is 10. The number of benzene rings is 1. The second-order valence-corrected chi connectivity index (χ2v) is 11.3. The SMILES string of the molecule is CC(C)=CCN(c1ccc(CCC(C)(C)C)cc1)[C@H]1CCN(CC(N)CC(C)C)C1. The van der Waals surface area contributed by atoms with Crippen LogP contribution in [0.5, 0.6) is 0 Å². The average molecular weight is 414 g/mol. The van der Waals surface area contributed by atoms with E-state index in [1.807, 2.05) is 0 Å². The zero-order valence-corrected chi connectivity index (χ0v) is 20.7. The molecule has 2 atom stereocenters. The van der Waals surface area contributed by atoms with Crippen LogP contribution in [-0.4, -0.2) is 43.2 Å². The maximum absolute atomic E-state index is 6.40. The lowest BCUT2D eigenvalue weighted by atomic mass is 9.89. The Kier molecular flexibility index (Phi) is 9.43. The highest BCUT2D eigenvalue weighted by Crippen LogP contribution is 2.26. The first-order chi connectivity index (χ1) is 14.0. The van der Waals surface area contributed by atoms with Crippen molar-refractivity contribution in [1.82, 2.24) is 4.90 Å². The molecule has 0 saturated carbocycles. The molecule has 3 heteroatoms. The second-order valence-electron chi connectivity index (χ2n) is 11.3. The monoisotopic (exact) mass is 413 g/mol. The Balaban J connectivity index is 2.04. The highest BCUT2D eigenvalue weighted by Gasteiger charge is 2.28. The van der Waals surface area contributed by atoms with Gasteiger partial charge in [0.05, 0.1) is 0 Å². The molecule has 3 nitrogen and oxygen atoms in total. The van der Waals surface area contributed by atoms with Crippen LogP contribution in [0.15, 0.2) is 35.9 Å². The van der Waals surface area contributed by atoms with Crippen molar-refractivity contribution in [1.29, 1.82) is 0 Å². The molecule has 1 aromatic rings. The van der Waals surface area contributed by atoms with Crippen molar-refractivity contribution >= 4 is 5.69 Å². The summed E-state index contributed by atoms with van der Waals surface area (Å²) in [6.07, 6.45) is 7.07. The summed E-state index contributed by atoms with van der Waals surface area (Å²) in [6.45, 7) is 20.2. The summed E-state index contributed by atoms with van der Waals surface area (Å²) in [7, 11) is 0. The first-order valence-corrected chi connectivity index (χ1v) is 12.0. The number of hydrogen-bond donors (Lipinski definition) is 1. The van der Waals surface area contributed by atoms with Crippen LogP contribution in [0.1, 0.15) is 73.3 Å². The molecule has 1 heterocycles. The van der Waals surface area contributed by atoms with Gasteiger partial charge >= 0.3 is 0 Å². The van der Waals surface area contributed by atoms with Crippen LogP contribution in [0.25, 0.3) is 0 Å². The molecule has 1 saturated heterocycles. The fraction of sp³-hybridized carbons (Fsp3) is 0.704. The summed E-state index contributed by atoms with van der Waals surface area (Å²) in [4.78, 5) is 5.18. The van der Waals surface area contributed by atoms with Gasteiger partial charge < -0.3 is 10.6 Å². The van der Waals surface area contributed by atoms with E-state index in [1.54, 1.807) is 0 Å². The third kappa shape index (κ3) is 8.81. The third-order valence-corrected chi connectivity index (χ3v) is 6.08. The Morgan fingerprint density at radius 1 is 1.20 bits per heavy atom. The van der Waals surface area contributed by atoms with Crippen molar-refractivity contribution < 1.29 is 0 Å². The fourth-order valence-electron chi connectivity index (χ4n) is 4.36. The Hall–Kier alpha value is -1.32. The van der Waals surface area contributed by atoms with Crippen molar-refractivity contribution in [3.63, 3.8) is 0 Å². The van der Waals surface area contributed by atoms with Crippen molar-refractivity contribution in [2.75, 3.05) is 31.1 Å². The van der Waals surface area contributed by atoms with E-state index >= 15 is 0 Å². The van der Waals surface area contributed by atoms with E-state index in [1.165, 1.54) is 29.7 Å². The molecule has 0 spiro atoms. The summed E-state index contributed by atoms with van der Waals surface area (Å²) in [5, 5.41) is 0. The molecule has 0 aliphatic carbocycles. The average Bonchev–Trinajstić information content (AvgIpc) is 3.07. The van der Waals surface area contributed by atoms with Gasteiger partial charge in [-0.1, -0.05) is 58.4 Å². The fourth-order valence-corrected chi connectivity index (χ4v) is 4.36. The maximum atomic E-state index is 6.40. The van der Waals surface area contributed by atoms with Gasteiger partial charge in [-0.05, 0) is 68.6 Å². The molecule has 1 unspecified atom stereocenters. The molecule has 30 heavy (non-hydrogen) atoms.